The van der Waals surface area contributed by atoms with Crippen molar-refractivity contribution < 1.29 is 9.53 Å². The van der Waals surface area contributed by atoms with E-state index >= 15 is 0 Å². The zero-order valence-corrected chi connectivity index (χ0v) is 12.8. The molecule has 0 bridgehead atoms. The van der Waals surface area contributed by atoms with E-state index in [0.717, 1.165) is 12.8 Å². The Balaban J connectivity index is 1.49. The van der Waals surface area contributed by atoms with Crippen molar-refractivity contribution in [1.29, 1.82) is 0 Å². The van der Waals surface area contributed by atoms with Crippen LogP contribution in [0.4, 0.5) is 0 Å². The lowest BCUT2D eigenvalue weighted by Crippen LogP contribution is -2.26. The maximum absolute atomic E-state index is 11.7. The summed E-state index contributed by atoms with van der Waals surface area (Å²) in [5, 5.41) is 2.92. The maximum Gasteiger partial charge on any atom is 0.222 e. The topological polar surface area (TPSA) is 38.3 Å². The number of hydrogen-bond donors (Lipinski definition) is 1. The molecule has 116 valence electrons. The van der Waals surface area contributed by atoms with Crippen LogP contribution in [-0.2, 0) is 22.4 Å². The second kappa shape index (κ2) is 9.74. The summed E-state index contributed by atoms with van der Waals surface area (Å²) < 4.78 is 5.51. The van der Waals surface area contributed by atoms with Crippen LogP contribution in [0.5, 0.6) is 0 Å². The van der Waals surface area contributed by atoms with Crippen LogP contribution in [0.3, 0.4) is 0 Å². The van der Waals surface area contributed by atoms with Crippen LogP contribution in [0.25, 0.3) is 0 Å². The first kappa shape index (κ1) is 16.2. The molecule has 0 aliphatic heterocycles. The van der Waals surface area contributed by atoms with Gasteiger partial charge in [-0.3, -0.25) is 4.79 Å². The SMILES string of the molecule is O=C(CCOCCc1ccccc1)NCCc1ccccc1. The number of nitrogens with one attached hydrogen (secondary N) is 1. The normalized spacial score (nSPS) is 10.4. The highest BCUT2D eigenvalue weighted by atomic mass is 16.5. The number of carbonyl (C=O) groups excluding carboxylic acids is 1. The minimum Gasteiger partial charge on any atom is -0.381 e. The summed E-state index contributed by atoms with van der Waals surface area (Å²) in [6.45, 7) is 1.80. The van der Waals surface area contributed by atoms with E-state index in [0.29, 0.717) is 26.2 Å². The molecule has 0 heterocycles. The zero-order chi connectivity index (χ0) is 15.5. The first-order chi connectivity index (χ1) is 10.8. The van der Waals surface area contributed by atoms with Gasteiger partial charge in [-0.1, -0.05) is 60.7 Å². The van der Waals surface area contributed by atoms with Gasteiger partial charge in [-0.25, -0.2) is 0 Å². The molecule has 0 fully saturated rings. The van der Waals surface area contributed by atoms with Gasteiger partial charge >= 0.3 is 0 Å². The maximum atomic E-state index is 11.7. The average molecular weight is 297 g/mol. The lowest BCUT2D eigenvalue weighted by molar-refractivity contribution is -0.122. The Morgan fingerprint density at radius 3 is 2.05 bits per heavy atom. The Labute approximate surface area is 132 Å². The van der Waals surface area contributed by atoms with E-state index in [9.17, 15) is 4.79 Å². The van der Waals surface area contributed by atoms with Crippen LogP contribution in [0.15, 0.2) is 60.7 Å². The van der Waals surface area contributed by atoms with Crippen molar-refractivity contribution in [1.82, 2.24) is 5.32 Å². The molecule has 1 N–H and O–H groups in total. The highest BCUT2D eigenvalue weighted by Crippen LogP contribution is 2.00. The molecular weight excluding hydrogens is 274 g/mol. The van der Waals surface area contributed by atoms with Crippen LogP contribution >= 0.6 is 0 Å². The van der Waals surface area contributed by atoms with Crippen molar-refractivity contribution in [3.63, 3.8) is 0 Å². The van der Waals surface area contributed by atoms with E-state index in [1.807, 2.05) is 36.4 Å². The van der Waals surface area contributed by atoms with E-state index < -0.39 is 0 Å². The van der Waals surface area contributed by atoms with Crippen LogP contribution in [0.2, 0.25) is 0 Å². The third kappa shape index (κ3) is 6.55. The summed E-state index contributed by atoms with van der Waals surface area (Å²) >= 11 is 0. The molecule has 0 aliphatic carbocycles. The Bertz CT molecular complexity index is 540. The number of benzene rings is 2. The number of rotatable bonds is 9. The Kier molecular flexibility index (Phi) is 7.19. The third-order valence-electron chi connectivity index (χ3n) is 3.43. The number of carbonyl (C=O) groups is 1. The molecule has 2 aromatic rings. The van der Waals surface area contributed by atoms with Crippen LogP contribution in [0.1, 0.15) is 17.5 Å². The monoisotopic (exact) mass is 297 g/mol. The fourth-order valence-corrected chi connectivity index (χ4v) is 2.18. The molecule has 22 heavy (non-hydrogen) atoms. The minimum absolute atomic E-state index is 0.0515. The highest BCUT2D eigenvalue weighted by Gasteiger charge is 2.01. The van der Waals surface area contributed by atoms with E-state index in [1.54, 1.807) is 0 Å². The van der Waals surface area contributed by atoms with Gasteiger partial charge in [-0.15, -0.1) is 0 Å². The van der Waals surface area contributed by atoms with E-state index in [-0.39, 0.29) is 5.91 Å². The Hall–Kier alpha value is -2.13. The fourth-order valence-electron chi connectivity index (χ4n) is 2.18. The average Bonchev–Trinajstić information content (AvgIpc) is 2.56. The van der Waals surface area contributed by atoms with Gasteiger partial charge in [0.25, 0.3) is 0 Å². The first-order valence-corrected chi connectivity index (χ1v) is 7.77. The molecule has 0 spiro atoms. The van der Waals surface area contributed by atoms with E-state index in [1.165, 1.54) is 11.1 Å². The second-order valence-corrected chi connectivity index (χ2v) is 5.18. The van der Waals surface area contributed by atoms with Gasteiger partial charge in [0.2, 0.25) is 5.91 Å². The third-order valence-corrected chi connectivity index (χ3v) is 3.43. The molecule has 0 aliphatic rings. The van der Waals surface area contributed by atoms with Gasteiger partial charge in [-0.2, -0.15) is 0 Å². The van der Waals surface area contributed by atoms with Crippen molar-refractivity contribution >= 4 is 5.91 Å². The summed E-state index contributed by atoms with van der Waals surface area (Å²) in [4.78, 5) is 11.7. The second-order valence-electron chi connectivity index (χ2n) is 5.18. The zero-order valence-electron chi connectivity index (χ0n) is 12.8. The summed E-state index contributed by atoms with van der Waals surface area (Å²) in [6, 6.07) is 20.4. The van der Waals surface area contributed by atoms with Crippen molar-refractivity contribution in [3.05, 3.63) is 71.8 Å². The number of hydrogen-bond acceptors (Lipinski definition) is 2. The highest BCUT2D eigenvalue weighted by molar-refractivity contribution is 5.75. The Morgan fingerprint density at radius 1 is 0.818 bits per heavy atom. The molecular formula is C19H23NO2. The molecule has 0 aromatic heterocycles. The van der Waals surface area contributed by atoms with Gasteiger partial charge < -0.3 is 10.1 Å². The van der Waals surface area contributed by atoms with Crippen LogP contribution in [0, 0.1) is 0 Å². The molecule has 3 heteroatoms. The Morgan fingerprint density at radius 2 is 1.41 bits per heavy atom. The summed E-state index contributed by atoms with van der Waals surface area (Å²) in [7, 11) is 0. The summed E-state index contributed by atoms with van der Waals surface area (Å²) in [5.74, 6) is 0.0515. The summed E-state index contributed by atoms with van der Waals surface area (Å²) in [5.41, 5.74) is 2.50. The molecule has 3 nitrogen and oxygen atoms in total. The first-order valence-electron chi connectivity index (χ1n) is 7.77. The van der Waals surface area contributed by atoms with Crippen molar-refractivity contribution in [3.8, 4) is 0 Å². The minimum atomic E-state index is 0.0515. The predicted octanol–water partition coefficient (Wildman–Crippen LogP) is 2.99. The molecule has 0 saturated heterocycles. The lowest BCUT2D eigenvalue weighted by Gasteiger charge is -2.06. The van der Waals surface area contributed by atoms with Gasteiger partial charge in [0, 0.05) is 13.0 Å². The summed E-state index contributed by atoms with van der Waals surface area (Å²) in [6.07, 6.45) is 2.17. The predicted molar refractivity (Wildman–Crippen MR) is 88.7 cm³/mol. The van der Waals surface area contributed by atoms with Crippen LogP contribution < -0.4 is 5.32 Å². The van der Waals surface area contributed by atoms with Crippen molar-refractivity contribution in [2.24, 2.45) is 0 Å². The lowest BCUT2D eigenvalue weighted by atomic mass is 10.1. The molecule has 0 saturated carbocycles. The molecule has 0 atom stereocenters. The quantitative estimate of drug-likeness (QED) is 0.723. The largest absolute Gasteiger partial charge is 0.381 e. The van der Waals surface area contributed by atoms with Gasteiger partial charge in [0.15, 0.2) is 0 Å². The number of ether oxygens (including phenoxy) is 1. The van der Waals surface area contributed by atoms with Gasteiger partial charge in [0.05, 0.1) is 13.2 Å². The number of amides is 1. The van der Waals surface area contributed by atoms with Crippen LogP contribution in [-0.4, -0.2) is 25.7 Å². The molecule has 2 rings (SSSR count). The van der Waals surface area contributed by atoms with Crippen molar-refractivity contribution in [2.75, 3.05) is 19.8 Å². The molecule has 2 aromatic carbocycles. The van der Waals surface area contributed by atoms with Gasteiger partial charge in [0.1, 0.15) is 0 Å². The molecule has 0 radical (unpaired) electrons. The standard InChI is InChI=1S/C19H23NO2/c21-19(20-14-11-17-7-3-1-4-8-17)13-16-22-15-12-18-9-5-2-6-10-18/h1-10H,11-16H2,(H,20,21). The van der Waals surface area contributed by atoms with Crippen molar-refractivity contribution in [2.45, 2.75) is 19.3 Å². The molecule has 1 amide bonds. The van der Waals surface area contributed by atoms with Gasteiger partial charge in [-0.05, 0) is 24.0 Å². The van der Waals surface area contributed by atoms with E-state index in [2.05, 4.69) is 29.6 Å². The van der Waals surface area contributed by atoms with E-state index in [4.69, 9.17) is 4.74 Å². The fraction of sp³-hybridized carbons (Fsp3) is 0.316. The smallest absolute Gasteiger partial charge is 0.222 e. The molecule has 0 unspecified atom stereocenters.